The number of hydrogen-bond acceptors (Lipinski definition) is 3. The van der Waals surface area contributed by atoms with Gasteiger partial charge < -0.3 is 10.2 Å². The molecule has 0 bridgehead atoms. The van der Waals surface area contributed by atoms with Crippen LogP contribution in [0.2, 0.25) is 0 Å². The van der Waals surface area contributed by atoms with Gasteiger partial charge in [-0.15, -0.1) is 0 Å². The predicted octanol–water partition coefficient (Wildman–Crippen LogP) is 2.71. The second kappa shape index (κ2) is 7.55. The van der Waals surface area contributed by atoms with Crippen molar-refractivity contribution in [1.82, 2.24) is 9.88 Å². The number of benzene rings is 1. The highest BCUT2D eigenvalue weighted by Crippen LogP contribution is 2.16. The number of aromatic nitrogens is 1. The monoisotopic (exact) mass is 283 g/mol. The van der Waals surface area contributed by atoms with Gasteiger partial charge in [0.05, 0.1) is 0 Å². The summed E-state index contributed by atoms with van der Waals surface area (Å²) in [4.78, 5) is 17.8. The number of rotatable bonds is 6. The minimum Gasteiger partial charge on any atom is -0.326 e. The summed E-state index contributed by atoms with van der Waals surface area (Å²) in [6.07, 6.45) is 2.74. The highest BCUT2D eigenvalue weighted by molar-refractivity contribution is 5.89. The third-order valence-electron chi connectivity index (χ3n) is 3.24. The van der Waals surface area contributed by atoms with Gasteiger partial charge in [-0.3, -0.25) is 9.78 Å². The number of nitrogens with zero attached hydrogens (tertiary/aromatic N) is 2. The molecule has 2 rings (SSSR count). The van der Waals surface area contributed by atoms with Gasteiger partial charge in [-0.2, -0.15) is 0 Å². The topological polar surface area (TPSA) is 45.2 Å². The maximum atomic E-state index is 11.2. The standard InChI is InChI=1S/C17H21N3O/c1-14(21)19-17-9-4-3-7-15(17)13-20(2)12-10-16-8-5-6-11-18-16/h3-9,11H,10,12-13H2,1-2H3,(H,19,21). The Morgan fingerprint density at radius 3 is 2.67 bits per heavy atom. The van der Waals surface area contributed by atoms with Crippen molar-refractivity contribution in [2.75, 3.05) is 18.9 Å². The maximum absolute atomic E-state index is 11.2. The molecule has 2 aromatic rings. The number of para-hydroxylation sites is 1. The molecule has 4 heteroatoms. The lowest BCUT2D eigenvalue weighted by Crippen LogP contribution is -2.22. The van der Waals surface area contributed by atoms with Gasteiger partial charge in [0, 0.05) is 44.0 Å². The van der Waals surface area contributed by atoms with Crippen LogP contribution in [0.15, 0.2) is 48.7 Å². The molecule has 0 atom stereocenters. The fourth-order valence-electron chi connectivity index (χ4n) is 2.19. The van der Waals surface area contributed by atoms with E-state index in [1.165, 1.54) is 6.92 Å². The van der Waals surface area contributed by atoms with Crippen molar-refractivity contribution in [2.24, 2.45) is 0 Å². The lowest BCUT2D eigenvalue weighted by atomic mass is 10.1. The lowest BCUT2D eigenvalue weighted by molar-refractivity contribution is -0.114. The number of nitrogens with one attached hydrogen (secondary N) is 1. The Kier molecular flexibility index (Phi) is 5.46. The van der Waals surface area contributed by atoms with Crippen LogP contribution in [0.4, 0.5) is 5.69 Å². The summed E-state index contributed by atoms with van der Waals surface area (Å²) in [6.45, 7) is 3.25. The molecule has 0 aliphatic rings. The van der Waals surface area contributed by atoms with Crippen LogP contribution in [0.1, 0.15) is 18.2 Å². The number of hydrogen-bond donors (Lipinski definition) is 1. The van der Waals surface area contributed by atoms with Crippen LogP contribution in [-0.2, 0) is 17.8 Å². The van der Waals surface area contributed by atoms with E-state index in [-0.39, 0.29) is 5.91 Å². The van der Waals surface area contributed by atoms with Crippen LogP contribution in [0.5, 0.6) is 0 Å². The highest BCUT2D eigenvalue weighted by atomic mass is 16.1. The van der Waals surface area contributed by atoms with Crippen molar-refractivity contribution < 1.29 is 4.79 Å². The molecule has 1 amide bonds. The molecule has 21 heavy (non-hydrogen) atoms. The second-order valence-electron chi connectivity index (χ2n) is 5.15. The quantitative estimate of drug-likeness (QED) is 0.886. The van der Waals surface area contributed by atoms with E-state index in [4.69, 9.17) is 0 Å². The molecule has 0 unspecified atom stereocenters. The molecule has 0 saturated carbocycles. The molecule has 0 spiro atoms. The Morgan fingerprint density at radius 1 is 1.19 bits per heavy atom. The van der Waals surface area contributed by atoms with Crippen LogP contribution in [-0.4, -0.2) is 29.4 Å². The summed E-state index contributed by atoms with van der Waals surface area (Å²) in [7, 11) is 2.08. The van der Waals surface area contributed by atoms with Gasteiger partial charge in [-0.05, 0) is 30.8 Å². The predicted molar refractivity (Wildman–Crippen MR) is 85.0 cm³/mol. The zero-order chi connectivity index (χ0) is 15.1. The molecular formula is C17H21N3O. The average molecular weight is 283 g/mol. The summed E-state index contributed by atoms with van der Waals surface area (Å²) in [5, 5.41) is 2.87. The van der Waals surface area contributed by atoms with Gasteiger partial charge in [0.15, 0.2) is 0 Å². The molecule has 1 N–H and O–H groups in total. The van der Waals surface area contributed by atoms with Gasteiger partial charge in [0.25, 0.3) is 0 Å². The average Bonchev–Trinajstić information content (AvgIpc) is 2.48. The van der Waals surface area contributed by atoms with Crippen LogP contribution in [0.3, 0.4) is 0 Å². The van der Waals surface area contributed by atoms with Gasteiger partial charge in [-0.1, -0.05) is 24.3 Å². The van der Waals surface area contributed by atoms with Gasteiger partial charge in [0.1, 0.15) is 0 Å². The molecular weight excluding hydrogens is 262 g/mol. The Bertz CT molecular complexity index is 584. The first-order valence-corrected chi connectivity index (χ1v) is 7.09. The van der Waals surface area contributed by atoms with E-state index in [0.717, 1.165) is 36.5 Å². The smallest absolute Gasteiger partial charge is 0.221 e. The van der Waals surface area contributed by atoms with E-state index in [1.54, 1.807) is 0 Å². The Morgan fingerprint density at radius 2 is 1.95 bits per heavy atom. The summed E-state index contributed by atoms with van der Waals surface area (Å²) in [5.41, 5.74) is 3.10. The molecule has 0 radical (unpaired) electrons. The first-order valence-electron chi connectivity index (χ1n) is 7.09. The maximum Gasteiger partial charge on any atom is 0.221 e. The first-order chi connectivity index (χ1) is 10.1. The molecule has 0 aliphatic carbocycles. The molecule has 0 saturated heterocycles. The molecule has 1 aromatic heterocycles. The van der Waals surface area contributed by atoms with Gasteiger partial charge in [0.2, 0.25) is 5.91 Å². The van der Waals surface area contributed by atoms with Crippen molar-refractivity contribution in [3.63, 3.8) is 0 Å². The van der Waals surface area contributed by atoms with Crippen molar-refractivity contribution in [3.05, 3.63) is 59.9 Å². The van der Waals surface area contributed by atoms with Crippen LogP contribution in [0, 0.1) is 0 Å². The number of carbonyl (C=O) groups excluding carboxylic acids is 1. The van der Waals surface area contributed by atoms with Crippen LogP contribution < -0.4 is 5.32 Å². The third kappa shape index (κ3) is 5.00. The molecule has 0 fully saturated rings. The van der Waals surface area contributed by atoms with E-state index < -0.39 is 0 Å². The summed E-state index contributed by atoms with van der Waals surface area (Å²) in [5.74, 6) is -0.0430. The van der Waals surface area contributed by atoms with E-state index in [2.05, 4.69) is 22.2 Å². The SMILES string of the molecule is CC(=O)Nc1ccccc1CN(C)CCc1ccccn1. The Hall–Kier alpha value is -2.20. The third-order valence-corrected chi connectivity index (χ3v) is 3.24. The summed E-state index contributed by atoms with van der Waals surface area (Å²) >= 11 is 0. The minimum absolute atomic E-state index is 0.0430. The van der Waals surface area contributed by atoms with E-state index in [9.17, 15) is 4.79 Å². The van der Waals surface area contributed by atoms with E-state index in [0.29, 0.717) is 0 Å². The zero-order valence-electron chi connectivity index (χ0n) is 12.5. The molecule has 1 aromatic carbocycles. The number of amides is 1. The molecule has 0 aliphatic heterocycles. The van der Waals surface area contributed by atoms with Gasteiger partial charge >= 0.3 is 0 Å². The number of carbonyl (C=O) groups is 1. The van der Waals surface area contributed by atoms with Crippen molar-refractivity contribution >= 4 is 11.6 Å². The molecule has 110 valence electrons. The molecule has 1 heterocycles. The van der Waals surface area contributed by atoms with Crippen molar-refractivity contribution in [3.8, 4) is 0 Å². The highest BCUT2D eigenvalue weighted by Gasteiger charge is 2.07. The van der Waals surface area contributed by atoms with E-state index >= 15 is 0 Å². The number of likely N-dealkylation sites (N-methyl/N-ethyl adjacent to an activating group) is 1. The first kappa shape index (κ1) is 15.2. The fourth-order valence-corrected chi connectivity index (χ4v) is 2.19. The largest absolute Gasteiger partial charge is 0.326 e. The Labute approximate surface area is 125 Å². The summed E-state index contributed by atoms with van der Waals surface area (Å²) < 4.78 is 0. The van der Waals surface area contributed by atoms with E-state index in [1.807, 2.05) is 48.7 Å². The fraction of sp³-hybridized carbons (Fsp3) is 0.294. The zero-order valence-corrected chi connectivity index (χ0v) is 12.5. The lowest BCUT2D eigenvalue weighted by Gasteiger charge is -2.18. The van der Waals surface area contributed by atoms with Crippen molar-refractivity contribution in [2.45, 2.75) is 19.9 Å². The van der Waals surface area contributed by atoms with Gasteiger partial charge in [-0.25, -0.2) is 0 Å². The summed E-state index contributed by atoms with van der Waals surface area (Å²) in [6, 6.07) is 13.9. The van der Waals surface area contributed by atoms with Crippen LogP contribution >= 0.6 is 0 Å². The van der Waals surface area contributed by atoms with Crippen molar-refractivity contribution in [1.29, 1.82) is 0 Å². The molecule has 4 nitrogen and oxygen atoms in total. The minimum atomic E-state index is -0.0430. The normalized spacial score (nSPS) is 10.6. The number of anilines is 1. The Balaban J connectivity index is 1.93. The number of pyridine rings is 1. The van der Waals surface area contributed by atoms with Crippen LogP contribution in [0.25, 0.3) is 0 Å². The second-order valence-corrected chi connectivity index (χ2v) is 5.15.